The minimum atomic E-state index is 0.145. The van der Waals surface area contributed by atoms with Gasteiger partial charge in [0.2, 0.25) is 0 Å². The van der Waals surface area contributed by atoms with Crippen LogP contribution in [0.4, 0.5) is 5.82 Å². The standard InChI is InChI=1S/C25H32N6O/c1-16-22(11-12-30(4)25(16,2)3)31(19-6-7-19)24-10-9-21(28-29-24)20-8-5-17(13-23(20)32)18-14-26-27-15-18/h5,8-10,13-16,19,22,32H,6-7,11-12H2,1-4H3,(H,26,27). The number of phenols is 1. The normalized spacial score (nSPS) is 23.2. The summed E-state index contributed by atoms with van der Waals surface area (Å²) in [7, 11) is 2.23. The Hall–Kier alpha value is -2.93. The van der Waals surface area contributed by atoms with Crippen LogP contribution in [0.5, 0.6) is 5.75 Å². The highest BCUT2D eigenvalue weighted by atomic mass is 16.3. The molecule has 1 saturated carbocycles. The predicted molar refractivity (Wildman–Crippen MR) is 126 cm³/mol. The average Bonchev–Trinajstić information content (AvgIpc) is 3.46. The highest BCUT2D eigenvalue weighted by molar-refractivity contribution is 5.73. The molecule has 1 aliphatic carbocycles. The van der Waals surface area contributed by atoms with E-state index in [4.69, 9.17) is 0 Å². The molecule has 3 aromatic rings. The lowest BCUT2D eigenvalue weighted by Crippen LogP contribution is -2.60. The number of aromatic hydroxyl groups is 1. The zero-order chi connectivity index (χ0) is 22.5. The van der Waals surface area contributed by atoms with Crippen molar-refractivity contribution < 1.29 is 5.11 Å². The molecule has 7 nitrogen and oxygen atoms in total. The summed E-state index contributed by atoms with van der Waals surface area (Å²) in [5, 5.41) is 26.6. The Morgan fingerprint density at radius 1 is 1.09 bits per heavy atom. The number of H-pyrrole nitrogens is 1. The molecule has 3 heterocycles. The van der Waals surface area contributed by atoms with E-state index in [1.807, 2.05) is 18.2 Å². The number of nitrogens with one attached hydrogen (secondary N) is 1. The number of hydrogen-bond acceptors (Lipinski definition) is 6. The lowest BCUT2D eigenvalue weighted by atomic mass is 9.76. The smallest absolute Gasteiger partial charge is 0.151 e. The fourth-order valence-electron chi connectivity index (χ4n) is 4.99. The molecule has 0 bridgehead atoms. The van der Waals surface area contributed by atoms with Crippen molar-refractivity contribution in [3.63, 3.8) is 0 Å². The second-order valence-electron chi connectivity index (χ2n) is 9.85. The Labute approximate surface area is 189 Å². The first-order valence-electron chi connectivity index (χ1n) is 11.5. The van der Waals surface area contributed by atoms with Crippen molar-refractivity contribution in [1.29, 1.82) is 0 Å². The van der Waals surface area contributed by atoms with Gasteiger partial charge in [0.1, 0.15) is 5.75 Å². The number of rotatable bonds is 5. The molecule has 2 aromatic heterocycles. The molecule has 2 atom stereocenters. The van der Waals surface area contributed by atoms with Gasteiger partial charge in [0, 0.05) is 41.5 Å². The van der Waals surface area contributed by atoms with Crippen molar-refractivity contribution in [3.05, 3.63) is 42.7 Å². The third-order valence-electron chi connectivity index (χ3n) is 7.75. The van der Waals surface area contributed by atoms with E-state index in [2.05, 4.69) is 64.1 Å². The van der Waals surface area contributed by atoms with Crippen LogP contribution in [0.2, 0.25) is 0 Å². The van der Waals surface area contributed by atoms with E-state index in [-0.39, 0.29) is 11.3 Å². The highest BCUT2D eigenvalue weighted by Crippen LogP contribution is 2.41. The molecular weight excluding hydrogens is 400 g/mol. The molecule has 2 unspecified atom stereocenters. The molecule has 168 valence electrons. The number of phenolic OH excluding ortho intramolecular Hbond substituents is 1. The zero-order valence-electron chi connectivity index (χ0n) is 19.3. The fraction of sp³-hybridized carbons (Fsp3) is 0.480. The lowest BCUT2D eigenvalue weighted by Gasteiger charge is -2.52. The summed E-state index contributed by atoms with van der Waals surface area (Å²) >= 11 is 0. The molecule has 1 saturated heterocycles. The Kier molecular flexibility index (Phi) is 5.16. The fourth-order valence-corrected chi connectivity index (χ4v) is 4.99. The van der Waals surface area contributed by atoms with Crippen molar-refractivity contribution in [2.45, 2.75) is 57.7 Å². The molecule has 2 fully saturated rings. The van der Waals surface area contributed by atoms with Crippen LogP contribution >= 0.6 is 0 Å². The van der Waals surface area contributed by atoms with Crippen LogP contribution in [0.3, 0.4) is 0 Å². The van der Waals surface area contributed by atoms with Gasteiger partial charge in [-0.2, -0.15) is 5.10 Å². The van der Waals surface area contributed by atoms with Gasteiger partial charge in [-0.3, -0.25) is 5.10 Å². The number of nitrogens with zero attached hydrogens (tertiary/aromatic N) is 5. The molecule has 32 heavy (non-hydrogen) atoms. The monoisotopic (exact) mass is 432 g/mol. The lowest BCUT2D eigenvalue weighted by molar-refractivity contribution is 0.0374. The summed E-state index contributed by atoms with van der Waals surface area (Å²) in [5.41, 5.74) is 3.35. The second kappa shape index (κ2) is 7.89. The Morgan fingerprint density at radius 2 is 1.91 bits per heavy atom. The van der Waals surface area contributed by atoms with Crippen molar-refractivity contribution in [2.24, 2.45) is 5.92 Å². The number of hydrogen-bond donors (Lipinski definition) is 2. The predicted octanol–water partition coefficient (Wildman–Crippen LogP) is 4.33. The van der Waals surface area contributed by atoms with Gasteiger partial charge in [0.25, 0.3) is 0 Å². The van der Waals surface area contributed by atoms with Crippen molar-refractivity contribution >= 4 is 5.82 Å². The SMILES string of the molecule is CC1C(N(c2ccc(-c3ccc(-c4cn[nH]c4)cc3O)nn2)C2CC2)CCN(C)C1(C)C. The summed E-state index contributed by atoms with van der Waals surface area (Å²) in [5.74, 6) is 1.65. The third-order valence-corrected chi connectivity index (χ3v) is 7.75. The number of benzene rings is 1. The molecule has 2 aliphatic rings. The quantitative estimate of drug-likeness (QED) is 0.625. The van der Waals surface area contributed by atoms with Crippen molar-refractivity contribution in [1.82, 2.24) is 25.3 Å². The number of piperidine rings is 1. The van der Waals surface area contributed by atoms with Crippen LogP contribution in [0.15, 0.2) is 42.7 Å². The van der Waals surface area contributed by atoms with Crippen LogP contribution in [0.1, 0.15) is 40.0 Å². The van der Waals surface area contributed by atoms with E-state index in [1.165, 1.54) is 12.8 Å². The van der Waals surface area contributed by atoms with Gasteiger partial charge in [-0.25, -0.2) is 0 Å². The number of aromatic nitrogens is 4. The maximum Gasteiger partial charge on any atom is 0.151 e. The van der Waals surface area contributed by atoms with Crippen LogP contribution < -0.4 is 4.90 Å². The minimum absolute atomic E-state index is 0.145. The van der Waals surface area contributed by atoms with Gasteiger partial charge in [-0.05, 0) is 75.9 Å². The van der Waals surface area contributed by atoms with E-state index >= 15 is 0 Å². The number of anilines is 1. The molecular formula is C25H32N6O. The topological polar surface area (TPSA) is 81.2 Å². The molecule has 7 heteroatoms. The summed E-state index contributed by atoms with van der Waals surface area (Å²) in [6, 6.07) is 10.7. The maximum atomic E-state index is 10.6. The molecule has 5 rings (SSSR count). The third kappa shape index (κ3) is 3.64. The van der Waals surface area contributed by atoms with Crippen LogP contribution in [0, 0.1) is 5.92 Å². The summed E-state index contributed by atoms with van der Waals surface area (Å²) in [4.78, 5) is 5.00. The summed E-state index contributed by atoms with van der Waals surface area (Å²) in [6.07, 6.45) is 7.12. The molecule has 2 N–H and O–H groups in total. The minimum Gasteiger partial charge on any atom is -0.507 e. The summed E-state index contributed by atoms with van der Waals surface area (Å²) in [6.45, 7) is 8.16. The number of likely N-dealkylation sites (tertiary alicyclic amines) is 1. The van der Waals surface area contributed by atoms with E-state index in [9.17, 15) is 5.11 Å². The van der Waals surface area contributed by atoms with Crippen molar-refractivity contribution in [3.8, 4) is 28.1 Å². The second-order valence-corrected chi connectivity index (χ2v) is 9.85. The van der Waals surface area contributed by atoms with Crippen LogP contribution in [-0.2, 0) is 0 Å². The molecule has 0 radical (unpaired) electrons. The molecule has 1 aliphatic heterocycles. The Morgan fingerprint density at radius 3 is 2.53 bits per heavy atom. The van der Waals surface area contributed by atoms with Gasteiger partial charge in [0.05, 0.1) is 11.9 Å². The maximum absolute atomic E-state index is 10.6. The van der Waals surface area contributed by atoms with Crippen LogP contribution in [-0.4, -0.2) is 61.6 Å². The molecule has 0 spiro atoms. The molecule has 1 aromatic carbocycles. The van der Waals surface area contributed by atoms with E-state index in [1.54, 1.807) is 18.5 Å². The molecule has 0 amide bonds. The first-order valence-corrected chi connectivity index (χ1v) is 11.5. The summed E-state index contributed by atoms with van der Waals surface area (Å²) < 4.78 is 0. The first-order chi connectivity index (χ1) is 15.4. The first kappa shape index (κ1) is 20.9. The van der Waals surface area contributed by atoms with E-state index < -0.39 is 0 Å². The van der Waals surface area contributed by atoms with E-state index in [0.717, 1.165) is 29.9 Å². The van der Waals surface area contributed by atoms with Gasteiger partial charge >= 0.3 is 0 Å². The van der Waals surface area contributed by atoms with E-state index in [0.29, 0.717) is 29.3 Å². The largest absolute Gasteiger partial charge is 0.507 e. The average molecular weight is 433 g/mol. The van der Waals surface area contributed by atoms with Gasteiger partial charge in [-0.1, -0.05) is 13.0 Å². The van der Waals surface area contributed by atoms with Crippen LogP contribution in [0.25, 0.3) is 22.4 Å². The van der Waals surface area contributed by atoms with Gasteiger partial charge in [-0.15, -0.1) is 10.2 Å². The Bertz CT molecular complexity index is 1070. The Balaban J connectivity index is 1.41. The highest BCUT2D eigenvalue weighted by Gasteiger charge is 2.45. The van der Waals surface area contributed by atoms with Gasteiger partial charge < -0.3 is 14.9 Å². The zero-order valence-corrected chi connectivity index (χ0v) is 19.3. The number of aromatic amines is 1. The van der Waals surface area contributed by atoms with Crippen molar-refractivity contribution in [2.75, 3.05) is 18.5 Å². The van der Waals surface area contributed by atoms with Gasteiger partial charge in [0.15, 0.2) is 5.82 Å².